The summed E-state index contributed by atoms with van der Waals surface area (Å²) >= 11 is 0. The Balaban J connectivity index is 1.63. The van der Waals surface area contributed by atoms with Gasteiger partial charge in [0.15, 0.2) is 0 Å². The molecule has 1 aromatic heterocycles. The third kappa shape index (κ3) is 4.84. The van der Waals surface area contributed by atoms with Crippen LogP contribution in [0.4, 0.5) is 4.79 Å². The van der Waals surface area contributed by atoms with Gasteiger partial charge in [-0.1, -0.05) is 19.3 Å². The fraction of sp³-hybridized carbons (Fsp3) is 0.750. The maximum absolute atomic E-state index is 12.4. The second-order valence-corrected chi connectivity index (χ2v) is 7.97. The van der Waals surface area contributed by atoms with E-state index in [1.807, 2.05) is 4.90 Å². The molecule has 3 rings (SSSR count). The van der Waals surface area contributed by atoms with Crippen LogP contribution in [0.15, 0.2) is 15.7 Å². The number of carbonyl (C=O) groups is 1. The lowest BCUT2D eigenvalue weighted by molar-refractivity contribution is 0.0458. The maximum atomic E-state index is 12.4. The van der Waals surface area contributed by atoms with E-state index in [0.717, 1.165) is 56.3 Å². The Hall–Kier alpha value is -2.09. The van der Waals surface area contributed by atoms with Crippen molar-refractivity contribution in [3.05, 3.63) is 32.6 Å². The van der Waals surface area contributed by atoms with Gasteiger partial charge in [0.2, 0.25) is 0 Å². The third-order valence-electron chi connectivity index (χ3n) is 6.00. The van der Waals surface area contributed by atoms with E-state index in [9.17, 15) is 14.4 Å². The molecule has 0 saturated carbocycles. The quantitative estimate of drug-likeness (QED) is 0.775. The SMILES string of the molecule is Cn1c(CN2CCCCC2COC(=O)N2CCCCCC2)cc(=O)n(C)c1=O. The topological polar surface area (TPSA) is 76.8 Å². The van der Waals surface area contributed by atoms with Crippen LogP contribution < -0.4 is 11.2 Å². The van der Waals surface area contributed by atoms with E-state index in [1.54, 1.807) is 7.05 Å². The van der Waals surface area contributed by atoms with Gasteiger partial charge in [0.1, 0.15) is 6.61 Å². The summed E-state index contributed by atoms with van der Waals surface area (Å²) in [6, 6.07) is 1.64. The molecule has 1 unspecified atom stereocenters. The van der Waals surface area contributed by atoms with Crippen molar-refractivity contribution in [3.8, 4) is 0 Å². The molecule has 0 bridgehead atoms. The Labute approximate surface area is 165 Å². The van der Waals surface area contributed by atoms with E-state index < -0.39 is 0 Å². The van der Waals surface area contributed by atoms with Crippen LogP contribution in [-0.2, 0) is 25.4 Å². The summed E-state index contributed by atoms with van der Waals surface area (Å²) in [5.41, 5.74) is 0.0850. The highest BCUT2D eigenvalue weighted by atomic mass is 16.6. The summed E-state index contributed by atoms with van der Waals surface area (Å²) in [6.07, 6.45) is 7.33. The van der Waals surface area contributed by atoms with E-state index >= 15 is 0 Å². The lowest BCUT2D eigenvalue weighted by Crippen LogP contribution is -2.45. The zero-order chi connectivity index (χ0) is 20.1. The van der Waals surface area contributed by atoms with Crippen molar-refractivity contribution in [2.45, 2.75) is 57.5 Å². The van der Waals surface area contributed by atoms with Gasteiger partial charge in [-0.3, -0.25) is 18.8 Å². The number of hydrogen-bond acceptors (Lipinski definition) is 5. The Kier molecular flexibility index (Phi) is 6.93. The largest absolute Gasteiger partial charge is 0.448 e. The molecular formula is C20H32N4O4. The van der Waals surface area contributed by atoms with Gasteiger partial charge in [-0.2, -0.15) is 0 Å². The molecule has 2 saturated heterocycles. The van der Waals surface area contributed by atoms with Gasteiger partial charge in [-0.05, 0) is 32.2 Å². The average molecular weight is 393 g/mol. The first-order valence-corrected chi connectivity index (χ1v) is 10.4. The molecular weight excluding hydrogens is 360 g/mol. The number of rotatable bonds is 4. The van der Waals surface area contributed by atoms with Gasteiger partial charge in [-0.15, -0.1) is 0 Å². The zero-order valence-corrected chi connectivity index (χ0v) is 17.1. The maximum Gasteiger partial charge on any atom is 0.409 e. The predicted molar refractivity (Wildman–Crippen MR) is 106 cm³/mol. The minimum Gasteiger partial charge on any atom is -0.448 e. The van der Waals surface area contributed by atoms with Crippen molar-refractivity contribution in [2.24, 2.45) is 14.1 Å². The molecule has 3 heterocycles. The summed E-state index contributed by atoms with van der Waals surface area (Å²) in [4.78, 5) is 40.7. The van der Waals surface area contributed by atoms with Crippen LogP contribution >= 0.6 is 0 Å². The Morgan fingerprint density at radius 2 is 1.68 bits per heavy atom. The van der Waals surface area contributed by atoms with Crippen molar-refractivity contribution in [1.82, 2.24) is 18.9 Å². The first-order chi connectivity index (χ1) is 13.5. The number of piperidine rings is 1. The Morgan fingerprint density at radius 3 is 2.39 bits per heavy atom. The minimum absolute atomic E-state index is 0.115. The molecule has 0 spiro atoms. The first-order valence-electron chi connectivity index (χ1n) is 10.4. The van der Waals surface area contributed by atoms with Gasteiger partial charge in [-0.25, -0.2) is 9.59 Å². The van der Waals surface area contributed by atoms with E-state index in [4.69, 9.17) is 4.74 Å². The number of ether oxygens (including phenoxy) is 1. The first kappa shape index (κ1) is 20.6. The number of likely N-dealkylation sites (tertiary alicyclic amines) is 2. The molecule has 28 heavy (non-hydrogen) atoms. The van der Waals surface area contributed by atoms with E-state index in [1.165, 1.54) is 30.5 Å². The molecule has 8 heteroatoms. The molecule has 1 atom stereocenters. The summed E-state index contributed by atoms with van der Waals surface area (Å²) in [5.74, 6) is 0. The number of carbonyl (C=O) groups excluding carboxylic acids is 1. The third-order valence-corrected chi connectivity index (χ3v) is 6.00. The molecule has 2 aliphatic rings. The van der Waals surface area contributed by atoms with Crippen LogP contribution in [0.2, 0.25) is 0 Å². The van der Waals surface area contributed by atoms with E-state index in [-0.39, 0.29) is 23.4 Å². The molecule has 1 aromatic rings. The average Bonchev–Trinajstić information content (AvgIpc) is 2.99. The molecule has 2 fully saturated rings. The fourth-order valence-corrected chi connectivity index (χ4v) is 4.11. The van der Waals surface area contributed by atoms with Crippen LogP contribution in [0.5, 0.6) is 0 Å². The second kappa shape index (κ2) is 9.41. The molecule has 2 aliphatic heterocycles. The molecule has 1 amide bonds. The van der Waals surface area contributed by atoms with Crippen LogP contribution in [0.25, 0.3) is 0 Å². The van der Waals surface area contributed by atoms with Crippen LogP contribution in [0, 0.1) is 0 Å². The minimum atomic E-state index is -0.316. The summed E-state index contributed by atoms with van der Waals surface area (Å²) in [6.45, 7) is 3.29. The van der Waals surface area contributed by atoms with Crippen molar-refractivity contribution in [2.75, 3.05) is 26.2 Å². The summed E-state index contributed by atoms with van der Waals surface area (Å²) in [7, 11) is 3.18. The summed E-state index contributed by atoms with van der Waals surface area (Å²) in [5, 5.41) is 0. The van der Waals surface area contributed by atoms with Gasteiger partial charge < -0.3 is 9.64 Å². The smallest absolute Gasteiger partial charge is 0.409 e. The van der Waals surface area contributed by atoms with Crippen LogP contribution in [-0.4, -0.2) is 57.3 Å². The standard InChI is InChI=1S/C20H32N4O4/c1-21-17(13-18(25)22(2)19(21)26)14-24-12-8-5-9-16(24)15-28-20(27)23-10-6-3-4-7-11-23/h13,16H,3-12,14-15H2,1-2H3. The van der Waals surface area contributed by atoms with Gasteiger partial charge in [0.05, 0.1) is 0 Å². The number of amides is 1. The normalized spacial score (nSPS) is 21.4. The molecule has 0 N–H and O–H groups in total. The predicted octanol–water partition coefficient (Wildman–Crippen LogP) is 1.45. The van der Waals surface area contributed by atoms with Crippen molar-refractivity contribution >= 4 is 6.09 Å². The van der Waals surface area contributed by atoms with E-state index in [0.29, 0.717) is 18.8 Å². The zero-order valence-electron chi connectivity index (χ0n) is 17.1. The van der Waals surface area contributed by atoms with Crippen molar-refractivity contribution in [1.29, 1.82) is 0 Å². The summed E-state index contributed by atoms with van der Waals surface area (Å²) < 4.78 is 8.29. The molecule has 0 radical (unpaired) electrons. The molecule has 0 aliphatic carbocycles. The van der Waals surface area contributed by atoms with Crippen molar-refractivity contribution in [3.63, 3.8) is 0 Å². The van der Waals surface area contributed by atoms with Crippen LogP contribution in [0.3, 0.4) is 0 Å². The Bertz CT molecular complexity index is 792. The second-order valence-electron chi connectivity index (χ2n) is 7.97. The highest BCUT2D eigenvalue weighted by Crippen LogP contribution is 2.20. The molecule has 8 nitrogen and oxygen atoms in total. The van der Waals surface area contributed by atoms with E-state index in [2.05, 4.69) is 4.90 Å². The number of aromatic nitrogens is 2. The van der Waals surface area contributed by atoms with Gasteiger partial charge >= 0.3 is 11.8 Å². The van der Waals surface area contributed by atoms with Gasteiger partial charge in [0, 0.05) is 51.5 Å². The number of hydrogen-bond donors (Lipinski definition) is 0. The Morgan fingerprint density at radius 1 is 1.00 bits per heavy atom. The molecule has 156 valence electrons. The lowest BCUT2D eigenvalue weighted by atomic mass is 10.0. The van der Waals surface area contributed by atoms with Crippen molar-refractivity contribution < 1.29 is 9.53 Å². The fourth-order valence-electron chi connectivity index (χ4n) is 4.11. The lowest BCUT2D eigenvalue weighted by Gasteiger charge is -2.36. The highest BCUT2D eigenvalue weighted by molar-refractivity contribution is 5.67. The molecule has 0 aromatic carbocycles. The monoisotopic (exact) mass is 392 g/mol. The number of nitrogens with zero attached hydrogens (tertiary/aromatic N) is 4. The van der Waals surface area contributed by atoms with Crippen LogP contribution in [0.1, 0.15) is 50.6 Å². The highest BCUT2D eigenvalue weighted by Gasteiger charge is 2.26. The van der Waals surface area contributed by atoms with Gasteiger partial charge in [0.25, 0.3) is 5.56 Å².